The van der Waals surface area contributed by atoms with Gasteiger partial charge in [-0.2, -0.15) is 5.10 Å². The molecule has 1 aromatic heterocycles. The number of hydrogen-bond donors (Lipinski definition) is 1. The molecule has 3 aromatic rings. The minimum atomic E-state index is -0.714. The summed E-state index contributed by atoms with van der Waals surface area (Å²) in [6.45, 7) is 5.97. The number of carboxylic acids is 1. The molecule has 28 heavy (non-hydrogen) atoms. The van der Waals surface area contributed by atoms with E-state index in [9.17, 15) is 9.90 Å². The summed E-state index contributed by atoms with van der Waals surface area (Å²) in [5, 5.41) is 14.4. The third-order valence-corrected chi connectivity index (χ3v) is 5.67. The third kappa shape index (κ3) is 3.45. The molecule has 2 aromatic carbocycles. The topological polar surface area (TPSA) is 58.4 Å². The molecule has 1 atom stereocenters. The van der Waals surface area contributed by atoms with Gasteiger partial charge in [-0.05, 0) is 44.5 Å². The lowest BCUT2D eigenvalue weighted by atomic mass is 9.90. The van der Waals surface area contributed by atoms with E-state index in [0.29, 0.717) is 19.5 Å². The molecule has 1 unspecified atom stereocenters. The van der Waals surface area contributed by atoms with Crippen molar-refractivity contribution in [2.24, 2.45) is 5.41 Å². The minimum Gasteiger partial charge on any atom is -0.481 e. The molecule has 5 heteroatoms. The fraction of sp³-hybridized carbons (Fsp3) is 0.304. The van der Waals surface area contributed by atoms with Crippen molar-refractivity contribution >= 4 is 5.97 Å². The van der Waals surface area contributed by atoms with Crippen molar-refractivity contribution in [2.75, 3.05) is 13.1 Å². The Balaban J connectivity index is 1.71. The summed E-state index contributed by atoms with van der Waals surface area (Å²) in [6.07, 6.45) is 2.75. The van der Waals surface area contributed by atoms with Crippen molar-refractivity contribution in [1.29, 1.82) is 0 Å². The SMILES string of the molecule is Cc1ccccc1-c1nn(-c2ccccc2)cc1CN1CCC(C)(C(=O)O)C1. The van der Waals surface area contributed by atoms with E-state index in [2.05, 4.69) is 30.2 Å². The summed E-state index contributed by atoms with van der Waals surface area (Å²) < 4.78 is 1.92. The second-order valence-electron chi connectivity index (χ2n) is 7.92. The molecule has 0 bridgehead atoms. The number of carboxylic acid groups (broad SMARTS) is 1. The number of hydrogen-bond acceptors (Lipinski definition) is 3. The van der Waals surface area contributed by atoms with Crippen LogP contribution in [0.1, 0.15) is 24.5 Å². The van der Waals surface area contributed by atoms with Gasteiger partial charge in [0.15, 0.2) is 0 Å². The van der Waals surface area contributed by atoms with Crippen molar-refractivity contribution in [3.8, 4) is 16.9 Å². The van der Waals surface area contributed by atoms with Gasteiger partial charge < -0.3 is 5.11 Å². The smallest absolute Gasteiger partial charge is 0.310 e. The van der Waals surface area contributed by atoms with Crippen LogP contribution in [0.3, 0.4) is 0 Å². The Morgan fingerprint density at radius 2 is 1.86 bits per heavy atom. The van der Waals surface area contributed by atoms with Gasteiger partial charge in [0.2, 0.25) is 0 Å². The fourth-order valence-corrected chi connectivity index (χ4v) is 3.91. The molecular weight excluding hydrogens is 350 g/mol. The predicted molar refractivity (Wildman–Crippen MR) is 109 cm³/mol. The Labute approximate surface area is 165 Å². The first-order valence-corrected chi connectivity index (χ1v) is 9.62. The quantitative estimate of drug-likeness (QED) is 0.728. The summed E-state index contributed by atoms with van der Waals surface area (Å²) >= 11 is 0. The Kier molecular flexibility index (Phi) is 4.77. The maximum absolute atomic E-state index is 11.6. The minimum absolute atomic E-state index is 0.562. The highest BCUT2D eigenvalue weighted by atomic mass is 16.4. The number of likely N-dealkylation sites (tertiary alicyclic amines) is 1. The third-order valence-electron chi connectivity index (χ3n) is 5.67. The van der Waals surface area contributed by atoms with Crippen molar-refractivity contribution < 1.29 is 9.90 Å². The number of aromatic nitrogens is 2. The van der Waals surface area contributed by atoms with Crippen LogP contribution in [-0.2, 0) is 11.3 Å². The highest BCUT2D eigenvalue weighted by molar-refractivity contribution is 5.75. The van der Waals surface area contributed by atoms with Gasteiger partial charge in [0.1, 0.15) is 0 Å². The second kappa shape index (κ2) is 7.24. The van der Waals surface area contributed by atoms with Gasteiger partial charge in [-0.3, -0.25) is 9.69 Å². The summed E-state index contributed by atoms with van der Waals surface area (Å²) in [5.74, 6) is -0.714. The van der Waals surface area contributed by atoms with Crippen molar-refractivity contribution in [1.82, 2.24) is 14.7 Å². The maximum Gasteiger partial charge on any atom is 0.310 e. The Hall–Kier alpha value is -2.92. The van der Waals surface area contributed by atoms with Crippen molar-refractivity contribution in [3.05, 3.63) is 71.9 Å². The molecule has 144 valence electrons. The molecule has 2 heterocycles. The van der Waals surface area contributed by atoms with Crippen molar-refractivity contribution in [3.63, 3.8) is 0 Å². The average molecular weight is 375 g/mol. The molecule has 5 nitrogen and oxygen atoms in total. The van der Waals surface area contributed by atoms with E-state index in [1.807, 2.05) is 54.1 Å². The van der Waals surface area contributed by atoms with Crippen LogP contribution in [0, 0.1) is 12.3 Å². The number of rotatable bonds is 5. The molecule has 0 radical (unpaired) electrons. The van der Waals surface area contributed by atoms with E-state index < -0.39 is 11.4 Å². The van der Waals surface area contributed by atoms with Gasteiger partial charge in [0.05, 0.1) is 16.8 Å². The first kappa shape index (κ1) is 18.4. The van der Waals surface area contributed by atoms with Crippen LogP contribution in [0.2, 0.25) is 0 Å². The summed E-state index contributed by atoms with van der Waals surface area (Å²) in [5.41, 5.74) is 4.73. The van der Waals surface area contributed by atoms with Crippen LogP contribution in [0.15, 0.2) is 60.8 Å². The molecule has 0 aliphatic carbocycles. The van der Waals surface area contributed by atoms with E-state index in [-0.39, 0.29) is 0 Å². The van der Waals surface area contributed by atoms with Gasteiger partial charge in [-0.25, -0.2) is 4.68 Å². The van der Waals surface area contributed by atoms with Gasteiger partial charge in [0.25, 0.3) is 0 Å². The van der Waals surface area contributed by atoms with Crippen LogP contribution in [-0.4, -0.2) is 38.8 Å². The number of aryl methyl sites for hydroxylation is 1. The number of para-hydroxylation sites is 1. The summed E-state index contributed by atoms with van der Waals surface area (Å²) in [4.78, 5) is 13.8. The second-order valence-corrected chi connectivity index (χ2v) is 7.92. The lowest BCUT2D eigenvalue weighted by molar-refractivity contribution is -0.147. The Bertz CT molecular complexity index is 996. The number of carbonyl (C=O) groups is 1. The molecule has 1 N–H and O–H groups in total. The normalized spacial score (nSPS) is 19.8. The predicted octanol–water partition coefficient (Wildman–Crippen LogP) is 4.14. The largest absolute Gasteiger partial charge is 0.481 e. The summed E-state index contributed by atoms with van der Waals surface area (Å²) in [7, 11) is 0. The fourth-order valence-electron chi connectivity index (χ4n) is 3.91. The zero-order chi connectivity index (χ0) is 19.7. The molecular formula is C23H25N3O2. The van der Waals surface area contributed by atoms with Crippen LogP contribution >= 0.6 is 0 Å². The molecule has 0 amide bonds. The average Bonchev–Trinajstić information content (AvgIpc) is 3.28. The molecule has 0 saturated carbocycles. The molecule has 0 spiro atoms. The van der Waals surface area contributed by atoms with Crippen LogP contribution in [0.5, 0.6) is 0 Å². The first-order chi connectivity index (χ1) is 13.5. The lowest BCUT2D eigenvalue weighted by Gasteiger charge is -2.20. The number of benzene rings is 2. The van der Waals surface area contributed by atoms with E-state index in [1.165, 1.54) is 5.56 Å². The molecule has 1 saturated heterocycles. The van der Waals surface area contributed by atoms with Crippen LogP contribution in [0.4, 0.5) is 0 Å². The monoisotopic (exact) mass is 375 g/mol. The van der Waals surface area contributed by atoms with Gasteiger partial charge in [0, 0.05) is 30.4 Å². The van der Waals surface area contributed by atoms with Crippen LogP contribution in [0.25, 0.3) is 16.9 Å². The zero-order valence-corrected chi connectivity index (χ0v) is 16.3. The zero-order valence-electron chi connectivity index (χ0n) is 16.3. The number of aliphatic carboxylic acids is 1. The van der Waals surface area contributed by atoms with E-state index in [4.69, 9.17) is 5.10 Å². The highest BCUT2D eigenvalue weighted by Crippen LogP contribution is 2.33. The van der Waals surface area contributed by atoms with Gasteiger partial charge in [-0.15, -0.1) is 0 Å². The standard InChI is InChI=1S/C23H25N3O2/c1-17-8-6-7-11-20(17)21-18(14-25-13-12-23(2,16-25)22(27)28)15-26(24-21)19-9-4-3-5-10-19/h3-11,15H,12-14,16H2,1-2H3,(H,27,28). The Morgan fingerprint density at radius 1 is 1.14 bits per heavy atom. The first-order valence-electron chi connectivity index (χ1n) is 9.62. The Morgan fingerprint density at radius 3 is 2.54 bits per heavy atom. The van der Waals surface area contributed by atoms with Gasteiger partial charge in [-0.1, -0.05) is 42.5 Å². The molecule has 1 fully saturated rings. The van der Waals surface area contributed by atoms with E-state index >= 15 is 0 Å². The van der Waals surface area contributed by atoms with E-state index in [0.717, 1.165) is 29.1 Å². The molecule has 4 rings (SSSR count). The van der Waals surface area contributed by atoms with Crippen LogP contribution < -0.4 is 0 Å². The van der Waals surface area contributed by atoms with E-state index in [1.54, 1.807) is 0 Å². The number of nitrogens with zero attached hydrogens (tertiary/aromatic N) is 3. The van der Waals surface area contributed by atoms with Gasteiger partial charge >= 0.3 is 5.97 Å². The lowest BCUT2D eigenvalue weighted by Crippen LogP contribution is -2.31. The summed E-state index contributed by atoms with van der Waals surface area (Å²) in [6, 6.07) is 18.3. The molecule has 1 aliphatic rings. The molecule has 1 aliphatic heterocycles. The highest BCUT2D eigenvalue weighted by Gasteiger charge is 2.40. The maximum atomic E-state index is 11.6. The van der Waals surface area contributed by atoms with Crippen molar-refractivity contribution in [2.45, 2.75) is 26.8 Å².